The topological polar surface area (TPSA) is 112 Å². The molecule has 0 spiro atoms. The summed E-state index contributed by atoms with van der Waals surface area (Å²) in [5, 5.41) is 3.00. The zero-order chi connectivity index (χ0) is 37.7. The lowest BCUT2D eigenvalue weighted by atomic mass is 9.99. The van der Waals surface area contributed by atoms with Crippen molar-refractivity contribution in [3.63, 3.8) is 0 Å². The van der Waals surface area contributed by atoms with E-state index in [0.29, 0.717) is 41.7 Å². The number of benzene rings is 3. The molecular weight excluding hydrogens is 687 g/mol. The van der Waals surface area contributed by atoms with E-state index in [0.717, 1.165) is 79.2 Å². The van der Waals surface area contributed by atoms with Gasteiger partial charge in [-0.25, -0.2) is 4.98 Å². The Hall–Kier alpha value is -4.58. The third-order valence-corrected chi connectivity index (χ3v) is 10.7. The summed E-state index contributed by atoms with van der Waals surface area (Å²) in [6.07, 6.45) is 9.36. The summed E-state index contributed by atoms with van der Waals surface area (Å²) in [6.45, 7) is 10.1. The minimum atomic E-state index is -1.24. The molecule has 1 fully saturated rings. The van der Waals surface area contributed by atoms with Crippen LogP contribution in [0.1, 0.15) is 57.7 Å². The molecule has 0 bridgehead atoms. The van der Waals surface area contributed by atoms with Crippen LogP contribution in [0.5, 0.6) is 5.75 Å². The molecule has 0 radical (unpaired) electrons. The van der Waals surface area contributed by atoms with Gasteiger partial charge in [-0.3, -0.25) is 9.59 Å². The minimum absolute atomic E-state index is 0.0775. The zero-order valence-electron chi connectivity index (χ0n) is 31.7. The van der Waals surface area contributed by atoms with Crippen LogP contribution in [0.3, 0.4) is 0 Å². The van der Waals surface area contributed by atoms with Gasteiger partial charge in [-0.1, -0.05) is 38.5 Å². The van der Waals surface area contributed by atoms with E-state index in [9.17, 15) is 14.1 Å². The van der Waals surface area contributed by atoms with E-state index in [1.807, 2.05) is 34.9 Å². The van der Waals surface area contributed by atoms with Crippen molar-refractivity contribution in [1.29, 1.82) is 0 Å². The van der Waals surface area contributed by atoms with Crippen LogP contribution in [0.2, 0.25) is 0 Å². The van der Waals surface area contributed by atoms with E-state index < -0.39 is 11.2 Å². The summed E-state index contributed by atoms with van der Waals surface area (Å²) in [6, 6.07) is 21.4. The van der Waals surface area contributed by atoms with Crippen LogP contribution in [0.4, 0.5) is 11.4 Å². The number of amides is 2. The monoisotopic (exact) mass is 739 g/mol. The Morgan fingerprint density at radius 2 is 1.75 bits per heavy atom. The Labute approximate surface area is 317 Å². The van der Waals surface area contributed by atoms with Crippen molar-refractivity contribution in [3.05, 3.63) is 96.1 Å². The molecule has 1 aromatic heterocycles. The predicted octanol–water partition coefficient (Wildman–Crippen LogP) is 7.42. The zero-order valence-corrected chi connectivity index (χ0v) is 32.5. The van der Waals surface area contributed by atoms with Crippen molar-refractivity contribution < 1.29 is 23.6 Å². The fraction of sp³-hybridized carbons (Fsp3) is 0.405. The Morgan fingerprint density at radius 3 is 2.47 bits per heavy atom. The van der Waals surface area contributed by atoms with Crippen molar-refractivity contribution in [1.82, 2.24) is 14.5 Å². The van der Waals surface area contributed by atoms with Gasteiger partial charge in [0.05, 0.1) is 30.7 Å². The number of hydrogen-bond donors (Lipinski definition) is 1. The molecule has 10 nitrogen and oxygen atoms in total. The summed E-state index contributed by atoms with van der Waals surface area (Å²) in [5.41, 5.74) is 5.98. The number of ether oxygens (including phenoxy) is 2. The van der Waals surface area contributed by atoms with Gasteiger partial charge < -0.3 is 33.7 Å². The molecule has 2 heterocycles. The lowest BCUT2D eigenvalue weighted by Gasteiger charge is -2.23. The number of unbranched alkanes of at least 4 members (excludes halogenated alkanes) is 1. The highest BCUT2D eigenvalue weighted by molar-refractivity contribution is 7.90. The van der Waals surface area contributed by atoms with Gasteiger partial charge in [0.1, 0.15) is 12.4 Å². The van der Waals surface area contributed by atoms with E-state index in [4.69, 9.17) is 9.47 Å². The number of anilines is 2. The summed E-state index contributed by atoms with van der Waals surface area (Å²) < 4.78 is 26.6. The van der Waals surface area contributed by atoms with Gasteiger partial charge in [-0.05, 0) is 109 Å². The molecule has 0 aliphatic carbocycles. The Morgan fingerprint density at radius 1 is 1.00 bits per heavy atom. The molecule has 0 saturated carbocycles. The average molecular weight is 740 g/mol. The summed E-state index contributed by atoms with van der Waals surface area (Å²) in [5.74, 6) is 0.976. The van der Waals surface area contributed by atoms with Gasteiger partial charge in [0.15, 0.2) is 10.6 Å². The molecule has 53 heavy (non-hydrogen) atoms. The third kappa shape index (κ3) is 11.0. The number of rotatable bonds is 18. The molecule has 3 aromatic carbocycles. The van der Waals surface area contributed by atoms with Crippen LogP contribution >= 0.6 is 0 Å². The van der Waals surface area contributed by atoms with Crippen LogP contribution in [-0.4, -0.2) is 77.8 Å². The fourth-order valence-electron chi connectivity index (χ4n) is 6.34. The van der Waals surface area contributed by atoms with Crippen LogP contribution in [0.15, 0.2) is 89.7 Å². The molecule has 282 valence electrons. The van der Waals surface area contributed by atoms with Crippen molar-refractivity contribution in [2.24, 2.45) is 5.92 Å². The third-order valence-electron chi connectivity index (χ3n) is 9.32. The number of carbonyl (C=O) groups is 2. The molecular formula is C42H53N5O5S. The normalized spacial score (nSPS) is 15.0. The first-order valence-corrected chi connectivity index (χ1v) is 19.9. The number of imidazole rings is 1. The smallest absolute Gasteiger partial charge is 0.251 e. The lowest BCUT2D eigenvalue weighted by molar-refractivity contribution is -0.132. The number of aromatic nitrogens is 2. The molecule has 1 saturated heterocycles. The largest absolute Gasteiger partial charge is 0.611 e. The molecule has 1 aliphatic rings. The maximum absolute atomic E-state index is 13.5. The molecule has 2 atom stereocenters. The molecule has 11 heteroatoms. The first-order chi connectivity index (χ1) is 25.7. The van der Waals surface area contributed by atoms with Gasteiger partial charge in [-0.2, -0.15) is 0 Å². The van der Waals surface area contributed by atoms with Crippen LogP contribution in [0, 0.1) is 5.92 Å². The SMILES string of the molecule is CCCCOCCOc1ccc(-c2ccc(N3CCC(C(=O)N(C)C)C3)c(C=C(C)C(=O)Nc3ccc([S@@+]([O-])Cc4cncn4CCC)cc3)c2)cc1. The Kier molecular flexibility index (Phi) is 14.6. The van der Waals surface area contributed by atoms with E-state index >= 15 is 0 Å². The van der Waals surface area contributed by atoms with Crippen molar-refractivity contribution >= 4 is 40.4 Å². The number of hydrogen-bond acceptors (Lipinski definition) is 7. The van der Waals surface area contributed by atoms with Crippen LogP contribution in [0.25, 0.3) is 17.2 Å². The first kappa shape index (κ1) is 39.6. The number of carbonyl (C=O) groups excluding carboxylic acids is 2. The van der Waals surface area contributed by atoms with Crippen LogP contribution in [-0.2, 0) is 37.8 Å². The second-order valence-electron chi connectivity index (χ2n) is 13.7. The van der Waals surface area contributed by atoms with Crippen molar-refractivity contribution in [2.75, 3.05) is 57.2 Å². The quantitative estimate of drug-likeness (QED) is 0.0643. The van der Waals surface area contributed by atoms with Gasteiger partial charge in [-0.15, -0.1) is 0 Å². The molecule has 1 unspecified atom stereocenters. The first-order valence-electron chi connectivity index (χ1n) is 18.5. The van der Waals surface area contributed by atoms with E-state index in [1.54, 1.807) is 62.7 Å². The number of nitrogens with zero attached hydrogens (tertiary/aromatic N) is 4. The standard InChI is InChI=1S/C42H53N5O5S/c1-6-8-22-51-23-24-52-38-14-9-32(10-15-38)33-11-18-40(46-21-19-34(28-46)42(49)45(4)5)35(26-33)25-31(3)41(48)44-36-12-16-39(17-13-36)53(50)29-37-27-43-30-47(37)20-7-2/h9-18,25-27,30,34H,6-8,19-24,28-29H2,1-5H3,(H,44,48)/t34?,53-/m0/s1. The predicted molar refractivity (Wildman–Crippen MR) is 213 cm³/mol. The summed E-state index contributed by atoms with van der Waals surface area (Å²) in [7, 11) is 3.59. The molecule has 4 aromatic rings. The Balaban J connectivity index is 1.30. The second-order valence-corrected chi connectivity index (χ2v) is 15.1. The highest BCUT2D eigenvalue weighted by atomic mass is 32.2. The molecule has 5 rings (SSSR count). The maximum Gasteiger partial charge on any atom is 0.251 e. The van der Waals surface area contributed by atoms with Gasteiger partial charge in [0.25, 0.3) is 5.91 Å². The van der Waals surface area contributed by atoms with Crippen molar-refractivity contribution in [3.8, 4) is 16.9 Å². The van der Waals surface area contributed by atoms with Gasteiger partial charge in [0.2, 0.25) is 5.91 Å². The van der Waals surface area contributed by atoms with Gasteiger partial charge >= 0.3 is 0 Å². The van der Waals surface area contributed by atoms with Crippen LogP contribution < -0.4 is 15.0 Å². The summed E-state index contributed by atoms with van der Waals surface area (Å²) >= 11 is -1.24. The van der Waals surface area contributed by atoms with Crippen molar-refractivity contribution in [2.45, 2.75) is 63.6 Å². The fourth-order valence-corrected chi connectivity index (χ4v) is 7.46. The second kappa shape index (κ2) is 19.5. The summed E-state index contributed by atoms with van der Waals surface area (Å²) in [4.78, 5) is 35.1. The van der Waals surface area contributed by atoms with Gasteiger partial charge in [0, 0.05) is 57.3 Å². The maximum atomic E-state index is 13.5. The number of nitrogens with one attached hydrogen (secondary N) is 1. The molecule has 2 amide bonds. The molecule has 1 N–H and O–H groups in total. The average Bonchev–Trinajstić information content (AvgIpc) is 3.83. The lowest BCUT2D eigenvalue weighted by Crippen LogP contribution is -2.32. The highest BCUT2D eigenvalue weighted by Crippen LogP contribution is 2.34. The Bertz CT molecular complexity index is 1820. The highest BCUT2D eigenvalue weighted by Gasteiger charge is 2.30. The van der Waals surface area contributed by atoms with E-state index in [1.165, 1.54) is 0 Å². The number of aryl methyl sites for hydroxylation is 1. The molecule has 1 aliphatic heterocycles. The van der Waals surface area contributed by atoms with E-state index in [-0.39, 0.29) is 17.7 Å². The minimum Gasteiger partial charge on any atom is -0.611 e. The van der Waals surface area contributed by atoms with E-state index in [2.05, 4.69) is 47.2 Å².